The first-order valence-electron chi connectivity index (χ1n) is 3.17. The van der Waals surface area contributed by atoms with Gasteiger partial charge in [-0.15, -0.1) is 12.6 Å². The molecule has 0 heterocycles. The van der Waals surface area contributed by atoms with Gasteiger partial charge in [-0.1, -0.05) is 12.1 Å². The average molecular weight is 154 g/mol. The second-order valence-corrected chi connectivity index (χ2v) is 2.79. The SMILES string of the molecule is CC(O)c1cccc(S)c1. The van der Waals surface area contributed by atoms with Crippen LogP contribution >= 0.6 is 12.6 Å². The molecule has 0 aliphatic carbocycles. The fraction of sp³-hybridized carbons (Fsp3) is 0.250. The van der Waals surface area contributed by atoms with Crippen LogP contribution in [0.15, 0.2) is 29.2 Å². The maximum Gasteiger partial charge on any atom is 0.0762 e. The Morgan fingerprint density at radius 2 is 2.20 bits per heavy atom. The summed E-state index contributed by atoms with van der Waals surface area (Å²) < 4.78 is 0. The lowest BCUT2D eigenvalue weighted by molar-refractivity contribution is 0.199. The van der Waals surface area contributed by atoms with E-state index in [-0.39, 0.29) is 0 Å². The maximum atomic E-state index is 9.11. The van der Waals surface area contributed by atoms with Crippen molar-refractivity contribution < 1.29 is 5.11 Å². The van der Waals surface area contributed by atoms with Crippen molar-refractivity contribution in [1.82, 2.24) is 0 Å². The summed E-state index contributed by atoms with van der Waals surface area (Å²) in [5, 5.41) is 9.11. The van der Waals surface area contributed by atoms with Gasteiger partial charge in [0.25, 0.3) is 0 Å². The van der Waals surface area contributed by atoms with Gasteiger partial charge in [0.2, 0.25) is 0 Å². The molecule has 1 aromatic rings. The van der Waals surface area contributed by atoms with E-state index in [1.54, 1.807) is 6.92 Å². The summed E-state index contributed by atoms with van der Waals surface area (Å²) in [5.74, 6) is 0. The van der Waals surface area contributed by atoms with Crippen LogP contribution in [-0.2, 0) is 0 Å². The van der Waals surface area contributed by atoms with Crippen LogP contribution in [0, 0.1) is 0 Å². The molecule has 10 heavy (non-hydrogen) atoms. The zero-order chi connectivity index (χ0) is 7.56. The van der Waals surface area contributed by atoms with Crippen LogP contribution in [0.25, 0.3) is 0 Å². The predicted molar refractivity (Wildman–Crippen MR) is 44.3 cm³/mol. The zero-order valence-corrected chi connectivity index (χ0v) is 6.68. The highest BCUT2D eigenvalue weighted by Crippen LogP contribution is 2.15. The fourth-order valence-corrected chi connectivity index (χ4v) is 1.02. The molecule has 0 bridgehead atoms. The molecule has 0 spiro atoms. The van der Waals surface area contributed by atoms with Gasteiger partial charge < -0.3 is 5.11 Å². The highest BCUT2D eigenvalue weighted by Gasteiger charge is 1.98. The van der Waals surface area contributed by atoms with Crippen molar-refractivity contribution in [3.05, 3.63) is 29.8 Å². The van der Waals surface area contributed by atoms with Crippen molar-refractivity contribution in [2.24, 2.45) is 0 Å². The van der Waals surface area contributed by atoms with Gasteiger partial charge in [-0.05, 0) is 24.6 Å². The lowest BCUT2D eigenvalue weighted by Crippen LogP contribution is -1.89. The Kier molecular flexibility index (Phi) is 2.35. The average Bonchev–Trinajstić information content (AvgIpc) is 1.88. The van der Waals surface area contributed by atoms with Gasteiger partial charge in [0, 0.05) is 4.90 Å². The molecule has 0 aliphatic heterocycles. The summed E-state index contributed by atoms with van der Waals surface area (Å²) in [6.45, 7) is 1.74. The number of aliphatic hydroxyl groups excluding tert-OH is 1. The topological polar surface area (TPSA) is 20.2 Å². The number of hydrogen-bond donors (Lipinski definition) is 2. The summed E-state index contributed by atoms with van der Waals surface area (Å²) in [4.78, 5) is 0.887. The van der Waals surface area contributed by atoms with Crippen molar-refractivity contribution in [1.29, 1.82) is 0 Å². The van der Waals surface area contributed by atoms with E-state index in [4.69, 9.17) is 5.11 Å². The van der Waals surface area contributed by atoms with Crippen LogP contribution in [0.4, 0.5) is 0 Å². The molecule has 1 unspecified atom stereocenters. The van der Waals surface area contributed by atoms with Crippen LogP contribution in [0.3, 0.4) is 0 Å². The summed E-state index contributed by atoms with van der Waals surface area (Å²) in [6.07, 6.45) is -0.396. The van der Waals surface area contributed by atoms with E-state index in [0.717, 1.165) is 10.5 Å². The Labute approximate surface area is 66.1 Å². The molecule has 0 aromatic heterocycles. The monoisotopic (exact) mass is 154 g/mol. The molecule has 0 saturated carbocycles. The van der Waals surface area contributed by atoms with Gasteiger partial charge in [-0.2, -0.15) is 0 Å². The van der Waals surface area contributed by atoms with E-state index in [0.29, 0.717) is 0 Å². The molecule has 2 heteroatoms. The minimum atomic E-state index is -0.396. The maximum absolute atomic E-state index is 9.11. The Balaban J connectivity index is 2.96. The van der Waals surface area contributed by atoms with E-state index >= 15 is 0 Å². The van der Waals surface area contributed by atoms with Crippen molar-refractivity contribution in [3.63, 3.8) is 0 Å². The molecular formula is C8H10OS. The molecule has 1 rings (SSSR count). The van der Waals surface area contributed by atoms with E-state index < -0.39 is 6.10 Å². The number of hydrogen-bond acceptors (Lipinski definition) is 2. The van der Waals surface area contributed by atoms with Crippen LogP contribution in [0.1, 0.15) is 18.6 Å². The third-order valence-electron chi connectivity index (χ3n) is 1.35. The quantitative estimate of drug-likeness (QED) is 0.593. The Morgan fingerprint density at radius 1 is 1.50 bits per heavy atom. The third kappa shape index (κ3) is 1.75. The first-order valence-corrected chi connectivity index (χ1v) is 3.62. The number of thiol groups is 1. The van der Waals surface area contributed by atoms with Gasteiger partial charge in [0.15, 0.2) is 0 Å². The first-order chi connectivity index (χ1) is 4.70. The first kappa shape index (κ1) is 7.63. The minimum Gasteiger partial charge on any atom is -0.389 e. The summed E-state index contributed by atoms with van der Waals surface area (Å²) in [5.41, 5.74) is 0.910. The number of rotatable bonds is 1. The Bertz CT molecular complexity index is 220. The molecule has 0 amide bonds. The lowest BCUT2D eigenvalue weighted by Gasteiger charge is -2.03. The third-order valence-corrected chi connectivity index (χ3v) is 1.63. The highest BCUT2D eigenvalue weighted by molar-refractivity contribution is 7.80. The molecular weight excluding hydrogens is 144 g/mol. The van der Waals surface area contributed by atoms with Gasteiger partial charge in [-0.25, -0.2) is 0 Å². The fourth-order valence-electron chi connectivity index (χ4n) is 0.785. The second kappa shape index (κ2) is 3.08. The molecule has 1 N–H and O–H groups in total. The van der Waals surface area contributed by atoms with Crippen molar-refractivity contribution in [2.75, 3.05) is 0 Å². The standard InChI is InChI=1S/C8H10OS/c1-6(9)7-3-2-4-8(10)5-7/h2-6,9-10H,1H3. The number of benzene rings is 1. The zero-order valence-electron chi connectivity index (χ0n) is 5.78. The molecule has 1 aromatic carbocycles. The van der Waals surface area contributed by atoms with Crippen molar-refractivity contribution in [2.45, 2.75) is 17.9 Å². The van der Waals surface area contributed by atoms with Crippen molar-refractivity contribution >= 4 is 12.6 Å². The molecule has 0 radical (unpaired) electrons. The summed E-state index contributed by atoms with van der Waals surface area (Å²) >= 11 is 4.14. The lowest BCUT2D eigenvalue weighted by atomic mass is 10.1. The van der Waals surface area contributed by atoms with Crippen LogP contribution in [0.5, 0.6) is 0 Å². The Morgan fingerprint density at radius 3 is 2.60 bits per heavy atom. The predicted octanol–water partition coefficient (Wildman–Crippen LogP) is 2.03. The molecule has 1 nitrogen and oxygen atoms in total. The van der Waals surface area contributed by atoms with Crippen LogP contribution < -0.4 is 0 Å². The van der Waals surface area contributed by atoms with Gasteiger partial charge in [-0.3, -0.25) is 0 Å². The van der Waals surface area contributed by atoms with E-state index in [9.17, 15) is 0 Å². The van der Waals surface area contributed by atoms with Crippen LogP contribution in [-0.4, -0.2) is 5.11 Å². The Hall–Kier alpha value is -0.470. The summed E-state index contributed by atoms with van der Waals surface area (Å²) in [7, 11) is 0. The summed E-state index contributed by atoms with van der Waals surface area (Å²) in [6, 6.07) is 7.50. The molecule has 0 saturated heterocycles. The highest BCUT2D eigenvalue weighted by atomic mass is 32.1. The van der Waals surface area contributed by atoms with E-state index in [2.05, 4.69) is 12.6 Å². The van der Waals surface area contributed by atoms with Crippen molar-refractivity contribution in [3.8, 4) is 0 Å². The van der Waals surface area contributed by atoms with Gasteiger partial charge >= 0.3 is 0 Å². The molecule has 1 atom stereocenters. The van der Waals surface area contributed by atoms with Crippen LogP contribution in [0.2, 0.25) is 0 Å². The van der Waals surface area contributed by atoms with Gasteiger partial charge in [0.1, 0.15) is 0 Å². The largest absolute Gasteiger partial charge is 0.389 e. The number of aliphatic hydroxyl groups is 1. The molecule has 54 valence electrons. The molecule has 0 fully saturated rings. The second-order valence-electron chi connectivity index (χ2n) is 2.27. The molecule has 0 aliphatic rings. The normalized spacial score (nSPS) is 13.1. The van der Waals surface area contributed by atoms with E-state index in [1.807, 2.05) is 24.3 Å². The smallest absolute Gasteiger partial charge is 0.0762 e. The van der Waals surface area contributed by atoms with E-state index in [1.165, 1.54) is 0 Å². The van der Waals surface area contributed by atoms with Gasteiger partial charge in [0.05, 0.1) is 6.10 Å². The minimum absolute atomic E-state index is 0.396.